The second-order valence-corrected chi connectivity index (χ2v) is 5.63. The maximum atomic E-state index is 5.83. The Balaban J connectivity index is 1.86. The van der Waals surface area contributed by atoms with Gasteiger partial charge in [-0.05, 0) is 29.2 Å². The van der Waals surface area contributed by atoms with Crippen molar-refractivity contribution >= 4 is 5.84 Å². The van der Waals surface area contributed by atoms with E-state index in [1.54, 1.807) is 7.05 Å². The first-order valence-corrected chi connectivity index (χ1v) is 7.67. The standard InChI is InChI=1S/C21H20N2/c1-15-3-5-16(6-4-15)17-7-9-18(10-8-17)19-11-13-20(14-12-19)21(22)23-2/h3-14H,1-2H3,(H2,22,23). The van der Waals surface area contributed by atoms with Crippen LogP contribution in [0.15, 0.2) is 77.8 Å². The Bertz CT molecular complexity index is 811. The Morgan fingerprint density at radius 3 is 1.39 bits per heavy atom. The van der Waals surface area contributed by atoms with Gasteiger partial charge in [0, 0.05) is 12.6 Å². The topological polar surface area (TPSA) is 38.4 Å². The highest BCUT2D eigenvalue weighted by molar-refractivity contribution is 5.97. The van der Waals surface area contributed by atoms with Gasteiger partial charge < -0.3 is 5.73 Å². The van der Waals surface area contributed by atoms with Crippen LogP contribution in [0.5, 0.6) is 0 Å². The van der Waals surface area contributed by atoms with E-state index in [0.717, 1.165) is 5.56 Å². The number of nitrogens with two attached hydrogens (primary N) is 1. The number of aryl methyl sites for hydroxylation is 1. The second-order valence-electron chi connectivity index (χ2n) is 5.63. The van der Waals surface area contributed by atoms with Crippen LogP contribution in [-0.4, -0.2) is 12.9 Å². The van der Waals surface area contributed by atoms with Gasteiger partial charge in [0.05, 0.1) is 0 Å². The van der Waals surface area contributed by atoms with Crippen molar-refractivity contribution in [2.45, 2.75) is 6.92 Å². The predicted molar refractivity (Wildman–Crippen MR) is 98.7 cm³/mol. The molecule has 23 heavy (non-hydrogen) atoms. The normalized spacial score (nSPS) is 11.5. The molecular formula is C21H20N2. The third-order valence-electron chi connectivity index (χ3n) is 4.02. The van der Waals surface area contributed by atoms with Gasteiger partial charge >= 0.3 is 0 Å². The molecule has 3 aromatic rings. The molecule has 0 saturated carbocycles. The summed E-state index contributed by atoms with van der Waals surface area (Å²) in [6, 6.07) is 25.4. The van der Waals surface area contributed by atoms with Crippen molar-refractivity contribution in [2.75, 3.05) is 7.05 Å². The summed E-state index contributed by atoms with van der Waals surface area (Å²) in [6.07, 6.45) is 0. The van der Waals surface area contributed by atoms with Gasteiger partial charge in [-0.15, -0.1) is 0 Å². The van der Waals surface area contributed by atoms with Crippen LogP contribution < -0.4 is 5.73 Å². The van der Waals surface area contributed by atoms with E-state index < -0.39 is 0 Å². The molecule has 0 aliphatic heterocycles. The van der Waals surface area contributed by atoms with E-state index in [4.69, 9.17) is 5.73 Å². The van der Waals surface area contributed by atoms with Crippen LogP contribution in [0.1, 0.15) is 11.1 Å². The summed E-state index contributed by atoms with van der Waals surface area (Å²) in [7, 11) is 1.70. The summed E-state index contributed by atoms with van der Waals surface area (Å²) in [5.74, 6) is 0.561. The lowest BCUT2D eigenvalue weighted by atomic mass is 9.99. The Kier molecular flexibility index (Phi) is 4.24. The third kappa shape index (κ3) is 3.32. The van der Waals surface area contributed by atoms with Crippen molar-refractivity contribution in [1.82, 2.24) is 0 Å². The summed E-state index contributed by atoms with van der Waals surface area (Å²) >= 11 is 0. The fourth-order valence-electron chi connectivity index (χ4n) is 2.56. The van der Waals surface area contributed by atoms with Gasteiger partial charge in [0.1, 0.15) is 5.84 Å². The highest BCUT2D eigenvalue weighted by atomic mass is 14.8. The Labute approximate surface area is 137 Å². The Morgan fingerprint density at radius 1 is 0.652 bits per heavy atom. The van der Waals surface area contributed by atoms with Crippen molar-refractivity contribution in [3.05, 3.63) is 83.9 Å². The largest absolute Gasteiger partial charge is 0.384 e. The number of benzene rings is 3. The average molecular weight is 300 g/mol. The first kappa shape index (κ1) is 15.0. The van der Waals surface area contributed by atoms with Crippen molar-refractivity contribution in [3.63, 3.8) is 0 Å². The van der Waals surface area contributed by atoms with E-state index in [0.29, 0.717) is 5.84 Å². The molecule has 0 bridgehead atoms. The van der Waals surface area contributed by atoms with Crippen molar-refractivity contribution in [2.24, 2.45) is 10.7 Å². The SMILES string of the molecule is CN=C(N)c1ccc(-c2ccc(-c3ccc(C)cc3)cc2)cc1. The zero-order valence-corrected chi connectivity index (χ0v) is 13.5. The minimum Gasteiger partial charge on any atom is -0.384 e. The van der Waals surface area contributed by atoms with Crippen LogP contribution >= 0.6 is 0 Å². The molecule has 0 spiro atoms. The fourth-order valence-corrected chi connectivity index (χ4v) is 2.56. The van der Waals surface area contributed by atoms with Crippen LogP contribution in [0, 0.1) is 6.92 Å². The molecule has 0 amide bonds. The maximum Gasteiger partial charge on any atom is 0.125 e. The number of nitrogens with zero attached hydrogens (tertiary/aromatic N) is 1. The molecule has 0 radical (unpaired) electrons. The van der Waals surface area contributed by atoms with E-state index in [1.165, 1.54) is 27.8 Å². The van der Waals surface area contributed by atoms with Gasteiger partial charge in [-0.3, -0.25) is 4.99 Å². The molecule has 114 valence electrons. The van der Waals surface area contributed by atoms with E-state index >= 15 is 0 Å². The molecule has 0 aliphatic rings. The first-order chi connectivity index (χ1) is 11.2. The van der Waals surface area contributed by atoms with Gasteiger partial charge in [-0.2, -0.15) is 0 Å². The van der Waals surface area contributed by atoms with Crippen LogP contribution in [-0.2, 0) is 0 Å². The number of rotatable bonds is 3. The van der Waals surface area contributed by atoms with Crippen LogP contribution in [0.4, 0.5) is 0 Å². The molecule has 3 aromatic carbocycles. The minimum atomic E-state index is 0.561. The smallest absolute Gasteiger partial charge is 0.125 e. The molecule has 0 heterocycles. The van der Waals surface area contributed by atoms with Gasteiger partial charge in [0.15, 0.2) is 0 Å². The third-order valence-corrected chi connectivity index (χ3v) is 4.02. The second kappa shape index (κ2) is 6.49. The Hall–Kier alpha value is -2.87. The maximum absolute atomic E-state index is 5.83. The average Bonchev–Trinajstić information content (AvgIpc) is 2.62. The Morgan fingerprint density at radius 2 is 1.00 bits per heavy atom. The molecule has 2 heteroatoms. The van der Waals surface area contributed by atoms with E-state index in [-0.39, 0.29) is 0 Å². The summed E-state index contributed by atoms with van der Waals surface area (Å²) in [6.45, 7) is 2.10. The van der Waals surface area contributed by atoms with Gasteiger partial charge in [-0.1, -0.05) is 78.4 Å². The highest BCUT2D eigenvalue weighted by Crippen LogP contribution is 2.25. The number of hydrogen-bond acceptors (Lipinski definition) is 1. The molecule has 0 unspecified atom stereocenters. The lowest BCUT2D eigenvalue weighted by Gasteiger charge is -2.07. The van der Waals surface area contributed by atoms with E-state index in [9.17, 15) is 0 Å². The monoisotopic (exact) mass is 300 g/mol. The lowest BCUT2D eigenvalue weighted by molar-refractivity contribution is 1.39. The summed E-state index contributed by atoms with van der Waals surface area (Å²) in [5, 5.41) is 0. The van der Waals surface area contributed by atoms with Crippen LogP contribution in [0.3, 0.4) is 0 Å². The minimum absolute atomic E-state index is 0.561. The number of hydrogen-bond donors (Lipinski definition) is 1. The number of amidine groups is 1. The molecule has 0 aromatic heterocycles. The van der Waals surface area contributed by atoms with E-state index in [2.05, 4.69) is 72.6 Å². The lowest BCUT2D eigenvalue weighted by Crippen LogP contribution is -2.12. The van der Waals surface area contributed by atoms with Gasteiger partial charge in [0.25, 0.3) is 0 Å². The molecule has 0 fully saturated rings. The zero-order valence-electron chi connectivity index (χ0n) is 13.5. The first-order valence-electron chi connectivity index (χ1n) is 7.67. The molecule has 0 atom stereocenters. The molecule has 0 saturated heterocycles. The van der Waals surface area contributed by atoms with E-state index in [1.807, 2.05) is 12.1 Å². The van der Waals surface area contributed by atoms with Gasteiger partial charge in [0.2, 0.25) is 0 Å². The number of aliphatic imine (C=N–C) groups is 1. The quantitative estimate of drug-likeness (QED) is 0.554. The summed E-state index contributed by atoms with van der Waals surface area (Å²) in [5.41, 5.74) is 12.9. The van der Waals surface area contributed by atoms with Crippen molar-refractivity contribution < 1.29 is 0 Å². The highest BCUT2D eigenvalue weighted by Gasteiger charge is 2.02. The predicted octanol–water partition coefficient (Wildman–Crippen LogP) is 4.66. The molecule has 3 rings (SSSR count). The summed E-state index contributed by atoms with van der Waals surface area (Å²) in [4.78, 5) is 4.01. The van der Waals surface area contributed by atoms with Crippen molar-refractivity contribution in [3.8, 4) is 22.3 Å². The molecule has 2 nitrogen and oxygen atoms in total. The van der Waals surface area contributed by atoms with Crippen molar-refractivity contribution in [1.29, 1.82) is 0 Å². The van der Waals surface area contributed by atoms with Gasteiger partial charge in [-0.25, -0.2) is 0 Å². The molecule has 0 aliphatic carbocycles. The summed E-state index contributed by atoms with van der Waals surface area (Å²) < 4.78 is 0. The van der Waals surface area contributed by atoms with Crippen LogP contribution in [0.2, 0.25) is 0 Å². The molecule has 2 N–H and O–H groups in total. The van der Waals surface area contributed by atoms with Crippen LogP contribution in [0.25, 0.3) is 22.3 Å². The molecular weight excluding hydrogens is 280 g/mol. The zero-order chi connectivity index (χ0) is 16.2. The fraction of sp³-hybridized carbons (Fsp3) is 0.0952.